The molecule has 0 aliphatic rings. The second-order valence-electron chi connectivity index (χ2n) is 3.90. The fourth-order valence-corrected chi connectivity index (χ4v) is 2.68. The number of halogens is 4. The summed E-state index contributed by atoms with van der Waals surface area (Å²) in [4.78, 5) is 0. The molecule has 100 valence electrons. The quantitative estimate of drug-likeness (QED) is 0.472. The van der Waals surface area contributed by atoms with Crippen LogP contribution in [0.3, 0.4) is 0 Å². The highest BCUT2D eigenvalue weighted by molar-refractivity contribution is 14.1. The number of hydrogen-bond acceptors (Lipinski definition) is 2. The molecule has 2 aromatic carbocycles. The van der Waals surface area contributed by atoms with Crippen molar-refractivity contribution in [2.75, 3.05) is 0 Å². The predicted octanol–water partition coefficient (Wildman–Crippen LogP) is 3.78. The minimum Gasteiger partial charge on any atom is -0.271 e. The summed E-state index contributed by atoms with van der Waals surface area (Å²) in [6.07, 6.45) is 0. The van der Waals surface area contributed by atoms with E-state index in [-0.39, 0.29) is 5.56 Å². The van der Waals surface area contributed by atoms with Gasteiger partial charge in [0.25, 0.3) is 0 Å². The zero-order valence-electron chi connectivity index (χ0n) is 9.63. The molecule has 0 amide bonds. The summed E-state index contributed by atoms with van der Waals surface area (Å²) in [6.45, 7) is 0. The molecule has 0 aliphatic carbocycles. The standard InChI is InChI=1S/C13H10ClF2IN2/c14-7-4-5-11(17)8(6-7)13(19-18)12-9(15)2-1-3-10(12)16/h1-6,13,19H,18H2. The number of hydrogen-bond donors (Lipinski definition) is 2. The second-order valence-corrected chi connectivity index (χ2v) is 5.50. The molecular weight excluding hydrogens is 385 g/mol. The molecule has 0 heterocycles. The maximum absolute atomic E-state index is 13.8. The summed E-state index contributed by atoms with van der Waals surface area (Å²) >= 11 is 7.99. The molecular formula is C13H10ClF2IN2. The van der Waals surface area contributed by atoms with E-state index in [9.17, 15) is 8.78 Å². The lowest BCUT2D eigenvalue weighted by atomic mass is 9.98. The Labute approximate surface area is 128 Å². The average molecular weight is 395 g/mol. The monoisotopic (exact) mass is 394 g/mol. The lowest BCUT2D eigenvalue weighted by Gasteiger charge is -2.19. The second kappa shape index (κ2) is 6.13. The van der Waals surface area contributed by atoms with Gasteiger partial charge in [0.15, 0.2) is 0 Å². The summed E-state index contributed by atoms with van der Waals surface area (Å²) in [5.74, 6) is 4.16. The van der Waals surface area contributed by atoms with Crippen molar-refractivity contribution in [1.29, 1.82) is 0 Å². The lowest BCUT2D eigenvalue weighted by Crippen LogP contribution is -2.31. The van der Waals surface area contributed by atoms with Crippen LogP contribution >= 0.6 is 34.2 Å². The van der Waals surface area contributed by atoms with Gasteiger partial charge in [-0.3, -0.25) is 5.84 Å². The first-order chi connectivity index (χ1) is 9.04. The zero-order valence-corrected chi connectivity index (χ0v) is 12.5. The molecule has 1 unspecified atom stereocenters. The van der Waals surface area contributed by atoms with Crippen LogP contribution in [0.5, 0.6) is 0 Å². The van der Waals surface area contributed by atoms with Crippen molar-refractivity contribution >= 4 is 34.2 Å². The van der Waals surface area contributed by atoms with E-state index in [2.05, 4.69) is 28.0 Å². The Balaban J connectivity index is 2.59. The number of hydrazine groups is 1. The third-order valence-electron chi connectivity index (χ3n) is 2.72. The van der Waals surface area contributed by atoms with E-state index in [0.29, 0.717) is 10.6 Å². The van der Waals surface area contributed by atoms with Crippen LogP contribution in [0, 0.1) is 15.2 Å². The van der Waals surface area contributed by atoms with Crippen LogP contribution in [0.1, 0.15) is 17.2 Å². The van der Waals surface area contributed by atoms with Gasteiger partial charge >= 0.3 is 0 Å². The predicted molar refractivity (Wildman–Crippen MR) is 79.7 cm³/mol. The van der Waals surface area contributed by atoms with Crippen LogP contribution in [0.2, 0.25) is 5.02 Å². The Morgan fingerprint density at radius 2 is 1.79 bits per heavy atom. The molecule has 3 N–H and O–H groups in total. The minimum absolute atomic E-state index is 0.120. The largest absolute Gasteiger partial charge is 0.271 e. The molecule has 2 rings (SSSR count). The average Bonchev–Trinajstić information content (AvgIpc) is 2.37. The molecule has 0 spiro atoms. The Bertz CT molecular complexity index is 587. The summed E-state index contributed by atoms with van der Waals surface area (Å²) < 4.78 is 28.5. The molecule has 0 aromatic heterocycles. The maximum Gasteiger partial charge on any atom is 0.131 e. The normalized spacial score (nSPS) is 12.5. The van der Waals surface area contributed by atoms with Gasteiger partial charge in [-0.05, 0) is 58.5 Å². The third-order valence-corrected chi connectivity index (χ3v) is 3.94. The van der Waals surface area contributed by atoms with Crippen molar-refractivity contribution in [3.05, 3.63) is 67.8 Å². The highest BCUT2D eigenvalue weighted by Crippen LogP contribution is 2.31. The van der Waals surface area contributed by atoms with E-state index < -0.39 is 17.7 Å². The van der Waals surface area contributed by atoms with Gasteiger partial charge in [0, 0.05) is 14.2 Å². The van der Waals surface area contributed by atoms with Crippen molar-refractivity contribution in [1.82, 2.24) is 5.43 Å². The Hall–Kier alpha value is -0.760. The number of nitrogens with one attached hydrogen (secondary N) is 1. The number of benzene rings is 2. The van der Waals surface area contributed by atoms with Gasteiger partial charge in [-0.2, -0.15) is 0 Å². The van der Waals surface area contributed by atoms with Gasteiger partial charge in [0.2, 0.25) is 0 Å². The summed E-state index contributed by atoms with van der Waals surface area (Å²) in [6, 6.07) is 8.01. The van der Waals surface area contributed by atoms with Crippen molar-refractivity contribution in [2.45, 2.75) is 6.04 Å². The first-order valence-electron chi connectivity index (χ1n) is 5.39. The number of nitrogens with two attached hydrogens (primary N) is 1. The van der Waals surface area contributed by atoms with Gasteiger partial charge < -0.3 is 0 Å². The van der Waals surface area contributed by atoms with E-state index in [0.717, 1.165) is 3.57 Å². The lowest BCUT2D eigenvalue weighted by molar-refractivity contribution is 0.510. The first-order valence-corrected chi connectivity index (χ1v) is 6.85. The van der Waals surface area contributed by atoms with Crippen molar-refractivity contribution in [3.8, 4) is 0 Å². The van der Waals surface area contributed by atoms with Gasteiger partial charge in [0.1, 0.15) is 11.6 Å². The first kappa shape index (κ1) is 14.6. The molecule has 0 fully saturated rings. The van der Waals surface area contributed by atoms with E-state index in [1.54, 1.807) is 18.2 Å². The highest BCUT2D eigenvalue weighted by Gasteiger charge is 2.22. The van der Waals surface area contributed by atoms with E-state index >= 15 is 0 Å². The molecule has 0 saturated carbocycles. The molecule has 6 heteroatoms. The van der Waals surface area contributed by atoms with Crippen molar-refractivity contribution in [3.63, 3.8) is 0 Å². The van der Waals surface area contributed by atoms with Crippen LogP contribution < -0.4 is 11.3 Å². The fraction of sp³-hybridized carbons (Fsp3) is 0.0769. The topological polar surface area (TPSA) is 38.0 Å². The third kappa shape index (κ3) is 3.05. The van der Waals surface area contributed by atoms with Crippen LogP contribution in [-0.4, -0.2) is 0 Å². The molecule has 0 aliphatic heterocycles. The Kier molecular flexibility index (Phi) is 4.72. The van der Waals surface area contributed by atoms with Crippen molar-refractivity contribution in [2.24, 2.45) is 5.84 Å². The van der Waals surface area contributed by atoms with Crippen LogP contribution in [-0.2, 0) is 0 Å². The van der Waals surface area contributed by atoms with Gasteiger partial charge in [-0.1, -0.05) is 17.7 Å². The number of rotatable bonds is 3. The molecule has 19 heavy (non-hydrogen) atoms. The summed E-state index contributed by atoms with van der Waals surface area (Å²) in [5, 5.41) is 0.479. The van der Waals surface area contributed by atoms with E-state index in [1.165, 1.54) is 18.2 Å². The van der Waals surface area contributed by atoms with Crippen LogP contribution in [0.4, 0.5) is 8.78 Å². The van der Waals surface area contributed by atoms with Gasteiger partial charge in [0.05, 0.1) is 6.04 Å². The highest BCUT2D eigenvalue weighted by atomic mass is 127. The van der Waals surface area contributed by atoms with Crippen LogP contribution in [0.15, 0.2) is 36.4 Å². The minimum atomic E-state index is -0.799. The maximum atomic E-state index is 13.8. The molecule has 2 nitrogen and oxygen atoms in total. The zero-order chi connectivity index (χ0) is 14.0. The summed E-state index contributed by atoms with van der Waals surface area (Å²) in [7, 11) is 0. The molecule has 0 radical (unpaired) electrons. The molecule has 1 atom stereocenters. The fourth-order valence-electron chi connectivity index (χ4n) is 1.85. The molecule has 2 aromatic rings. The SMILES string of the molecule is NNC(c1cc(Cl)ccc1I)c1c(F)cccc1F. The van der Waals surface area contributed by atoms with Gasteiger partial charge in [-0.15, -0.1) is 0 Å². The van der Waals surface area contributed by atoms with E-state index in [4.69, 9.17) is 17.4 Å². The molecule has 0 saturated heterocycles. The van der Waals surface area contributed by atoms with Gasteiger partial charge in [-0.25, -0.2) is 14.2 Å². The Morgan fingerprint density at radius 3 is 2.37 bits per heavy atom. The molecule has 0 bridgehead atoms. The Morgan fingerprint density at radius 1 is 1.16 bits per heavy atom. The van der Waals surface area contributed by atoms with Crippen LogP contribution in [0.25, 0.3) is 0 Å². The smallest absolute Gasteiger partial charge is 0.131 e. The summed E-state index contributed by atoms with van der Waals surface area (Å²) in [5.41, 5.74) is 2.95. The van der Waals surface area contributed by atoms with E-state index in [1.807, 2.05) is 0 Å². The van der Waals surface area contributed by atoms with Crippen molar-refractivity contribution < 1.29 is 8.78 Å².